The van der Waals surface area contributed by atoms with Gasteiger partial charge in [0, 0.05) is 25.4 Å². The third-order valence-corrected chi connectivity index (χ3v) is 4.83. The van der Waals surface area contributed by atoms with E-state index in [4.69, 9.17) is 14.2 Å². The number of nitrogens with zero attached hydrogens (tertiary/aromatic N) is 5. The first-order chi connectivity index (χ1) is 17.3. The van der Waals surface area contributed by atoms with Gasteiger partial charge in [0.1, 0.15) is 18.0 Å². The van der Waals surface area contributed by atoms with Gasteiger partial charge in [-0.1, -0.05) is 23.4 Å². The maximum atomic E-state index is 11.9. The molecule has 0 fully saturated rings. The molecule has 2 aromatic carbocycles. The minimum Gasteiger partial charge on any atom is -0.491 e. The van der Waals surface area contributed by atoms with Gasteiger partial charge in [-0.2, -0.15) is 9.67 Å². The first-order valence-corrected chi connectivity index (χ1v) is 11.4. The number of methoxy groups -OCH3 is 1. The van der Waals surface area contributed by atoms with E-state index in [-0.39, 0.29) is 0 Å². The maximum absolute atomic E-state index is 11.9. The second-order valence-electron chi connectivity index (χ2n) is 8.92. The van der Waals surface area contributed by atoms with Crippen LogP contribution in [0.25, 0.3) is 16.9 Å². The summed E-state index contributed by atoms with van der Waals surface area (Å²) >= 11 is 0. The number of rotatable bonds is 9. The third kappa shape index (κ3) is 6.66. The molecule has 0 saturated heterocycles. The van der Waals surface area contributed by atoms with E-state index in [9.17, 15) is 4.79 Å². The first-order valence-electron chi connectivity index (χ1n) is 11.4. The van der Waals surface area contributed by atoms with Crippen LogP contribution in [0.15, 0.2) is 54.7 Å². The van der Waals surface area contributed by atoms with Crippen LogP contribution in [-0.2, 0) is 16.0 Å². The molecule has 0 aliphatic heterocycles. The molecule has 4 aromatic rings. The lowest BCUT2D eigenvalue weighted by molar-refractivity contribution is 0.0523. The van der Waals surface area contributed by atoms with Crippen LogP contribution in [0.2, 0.25) is 0 Å². The van der Waals surface area contributed by atoms with Crippen molar-refractivity contribution in [3.8, 4) is 11.4 Å². The molecule has 11 nitrogen and oxygen atoms in total. The highest BCUT2D eigenvalue weighted by Crippen LogP contribution is 2.21. The molecule has 0 radical (unpaired) electrons. The summed E-state index contributed by atoms with van der Waals surface area (Å²) in [4.78, 5) is 20.9. The number of carbonyl (C=O) groups excluding carboxylic acids is 1. The molecule has 11 heteroatoms. The molecule has 188 valence electrons. The van der Waals surface area contributed by atoms with Gasteiger partial charge in [0.15, 0.2) is 11.2 Å². The molecule has 0 unspecified atom stereocenters. The standard InChI is InChI=1S/C25H29N7O4/c1-25(2,3)36-24(33)27-15-17-7-5-8-18(13-17)28-23-26-16-21-22(29-23)32(31-30-21)19-9-6-10-20(14-19)35-12-11-34-4/h5-10,13-14,16H,11-12,15H2,1-4H3,(H,27,33)(H,26,28,29). The number of benzene rings is 2. The van der Waals surface area contributed by atoms with Crippen molar-refractivity contribution >= 4 is 28.9 Å². The molecular weight excluding hydrogens is 462 g/mol. The number of fused-ring (bicyclic) bond motifs is 1. The summed E-state index contributed by atoms with van der Waals surface area (Å²) in [5, 5.41) is 14.4. The van der Waals surface area contributed by atoms with Crippen LogP contribution in [0.5, 0.6) is 5.75 Å². The molecule has 0 spiro atoms. The average molecular weight is 492 g/mol. The van der Waals surface area contributed by atoms with Gasteiger partial charge in [0.05, 0.1) is 18.5 Å². The highest BCUT2D eigenvalue weighted by Gasteiger charge is 2.16. The van der Waals surface area contributed by atoms with Crippen molar-refractivity contribution in [3.63, 3.8) is 0 Å². The fourth-order valence-electron chi connectivity index (χ4n) is 3.29. The van der Waals surface area contributed by atoms with Gasteiger partial charge in [0.25, 0.3) is 0 Å². The molecule has 1 amide bonds. The fraction of sp³-hybridized carbons (Fsp3) is 0.320. The highest BCUT2D eigenvalue weighted by atomic mass is 16.6. The van der Waals surface area contributed by atoms with Crippen LogP contribution >= 0.6 is 0 Å². The van der Waals surface area contributed by atoms with Crippen molar-refractivity contribution in [2.24, 2.45) is 0 Å². The number of hydrogen-bond acceptors (Lipinski definition) is 9. The zero-order valence-corrected chi connectivity index (χ0v) is 20.7. The van der Waals surface area contributed by atoms with E-state index in [0.717, 1.165) is 16.9 Å². The van der Waals surface area contributed by atoms with Crippen molar-refractivity contribution in [2.75, 3.05) is 25.6 Å². The molecular formula is C25H29N7O4. The number of nitrogens with one attached hydrogen (secondary N) is 2. The quantitative estimate of drug-likeness (QED) is 0.334. The molecule has 0 atom stereocenters. The number of ether oxygens (including phenoxy) is 3. The van der Waals surface area contributed by atoms with Crippen LogP contribution in [0, 0.1) is 0 Å². The fourth-order valence-corrected chi connectivity index (χ4v) is 3.29. The monoisotopic (exact) mass is 491 g/mol. The van der Waals surface area contributed by atoms with Crippen LogP contribution in [0.1, 0.15) is 26.3 Å². The van der Waals surface area contributed by atoms with Crippen molar-refractivity contribution < 1.29 is 19.0 Å². The number of carbonyl (C=O) groups is 1. The molecule has 4 rings (SSSR count). The van der Waals surface area contributed by atoms with Crippen molar-refractivity contribution in [2.45, 2.75) is 32.9 Å². The highest BCUT2D eigenvalue weighted by molar-refractivity contribution is 5.73. The van der Waals surface area contributed by atoms with Gasteiger partial charge in [-0.3, -0.25) is 0 Å². The second kappa shape index (κ2) is 11.0. The maximum Gasteiger partial charge on any atom is 0.407 e. The summed E-state index contributed by atoms with van der Waals surface area (Å²) in [6, 6.07) is 15.1. The number of hydrogen-bond donors (Lipinski definition) is 2. The molecule has 0 aliphatic rings. The molecule has 0 bridgehead atoms. The second-order valence-corrected chi connectivity index (χ2v) is 8.92. The predicted molar refractivity (Wildman–Crippen MR) is 135 cm³/mol. The lowest BCUT2D eigenvalue weighted by Crippen LogP contribution is -2.32. The molecule has 36 heavy (non-hydrogen) atoms. The Labute approximate surface area is 208 Å². The van der Waals surface area contributed by atoms with Crippen molar-refractivity contribution in [1.82, 2.24) is 30.3 Å². The molecule has 0 aliphatic carbocycles. The Bertz CT molecular complexity index is 1330. The zero-order chi connectivity index (χ0) is 25.5. The SMILES string of the molecule is COCCOc1cccc(-n2nnc3cnc(Nc4cccc(CNC(=O)OC(C)(C)C)c4)nc32)c1. The van der Waals surface area contributed by atoms with Crippen LogP contribution in [0.3, 0.4) is 0 Å². The van der Waals surface area contributed by atoms with E-state index < -0.39 is 11.7 Å². The Balaban J connectivity index is 1.48. The van der Waals surface area contributed by atoms with Crippen molar-refractivity contribution in [1.29, 1.82) is 0 Å². The Morgan fingerprint density at radius 1 is 1.08 bits per heavy atom. The number of amides is 1. The van der Waals surface area contributed by atoms with Gasteiger partial charge in [-0.25, -0.2) is 9.78 Å². The molecule has 0 saturated carbocycles. The number of aromatic nitrogens is 5. The summed E-state index contributed by atoms with van der Waals surface area (Å²) in [5.74, 6) is 1.08. The Morgan fingerprint density at radius 2 is 1.92 bits per heavy atom. The van der Waals surface area contributed by atoms with Crippen molar-refractivity contribution in [3.05, 3.63) is 60.3 Å². The third-order valence-electron chi connectivity index (χ3n) is 4.83. The smallest absolute Gasteiger partial charge is 0.407 e. The summed E-state index contributed by atoms with van der Waals surface area (Å²) < 4.78 is 17.7. The Morgan fingerprint density at radius 3 is 2.72 bits per heavy atom. The van der Waals surface area contributed by atoms with Crippen LogP contribution in [-0.4, -0.2) is 57.0 Å². The number of alkyl carbamates (subject to hydrolysis) is 1. The first kappa shape index (κ1) is 24.9. The summed E-state index contributed by atoms with van der Waals surface area (Å²) in [6.07, 6.45) is 1.14. The van der Waals surface area contributed by atoms with Crippen LogP contribution in [0.4, 0.5) is 16.4 Å². The normalized spacial score (nSPS) is 11.3. The van der Waals surface area contributed by atoms with E-state index in [0.29, 0.717) is 42.6 Å². The summed E-state index contributed by atoms with van der Waals surface area (Å²) in [7, 11) is 1.63. The van der Waals surface area contributed by atoms with E-state index >= 15 is 0 Å². The molecule has 2 heterocycles. The minimum absolute atomic E-state index is 0.323. The number of anilines is 2. The van der Waals surface area contributed by atoms with E-state index in [2.05, 4.69) is 30.9 Å². The Kier molecular flexibility index (Phi) is 7.59. The zero-order valence-electron chi connectivity index (χ0n) is 20.7. The van der Waals surface area contributed by atoms with Gasteiger partial charge in [0.2, 0.25) is 5.95 Å². The van der Waals surface area contributed by atoms with Gasteiger partial charge in [-0.15, -0.1) is 5.10 Å². The average Bonchev–Trinajstić information content (AvgIpc) is 3.26. The van der Waals surface area contributed by atoms with E-state index in [1.165, 1.54) is 0 Å². The summed E-state index contributed by atoms with van der Waals surface area (Å²) in [6.45, 7) is 6.73. The van der Waals surface area contributed by atoms with E-state index in [1.54, 1.807) is 18.0 Å². The lowest BCUT2D eigenvalue weighted by Gasteiger charge is -2.19. The van der Waals surface area contributed by atoms with Gasteiger partial charge in [-0.05, 0) is 50.6 Å². The Hall–Kier alpha value is -4.25. The topological polar surface area (TPSA) is 125 Å². The van der Waals surface area contributed by atoms with Crippen LogP contribution < -0.4 is 15.4 Å². The van der Waals surface area contributed by atoms with Gasteiger partial charge < -0.3 is 24.8 Å². The molecule has 2 N–H and O–H groups in total. The molecule has 2 aromatic heterocycles. The van der Waals surface area contributed by atoms with E-state index in [1.807, 2.05) is 69.3 Å². The largest absolute Gasteiger partial charge is 0.491 e. The lowest BCUT2D eigenvalue weighted by atomic mass is 10.2. The predicted octanol–water partition coefficient (Wildman–Crippen LogP) is 4.00. The summed E-state index contributed by atoms with van der Waals surface area (Å²) in [5.41, 5.74) is 2.97. The van der Waals surface area contributed by atoms with Gasteiger partial charge >= 0.3 is 6.09 Å². The minimum atomic E-state index is -0.552.